The van der Waals surface area contributed by atoms with Gasteiger partial charge in [-0.15, -0.1) is 0 Å². The molecule has 21 heavy (non-hydrogen) atoms. The Balaban J connectivity index is 2.67. The molecule has 0 saturated heterocycles. The van der Waals surface area contributed by atoms with Crippen molar-refractivity contribution in [2.24, 2.45) is 5.92 Å². The van der Waals surface area contributed by atoms with Crippen LogP contribution >= 0.6 is 23.8 Å². The molecular weight excluding hydrogens is 315 g/mol. The predicted molar refractivity (Wildman–Crippen MR) is 82.6 cm³/mol. The summed E-state index contributed by atoms with van der Waals surface area (Å²) in [5.74, 6) is -0.714. The number of nitrogens with one attached hydrogen (secondary N) is 1. The molecule has 0 aliphatic heterocycles. The van der Waals surface area contributed by atoms with Crippen LogP contribution < -0.4 is 0 Å². The third kappa shape index (κ3) is 3.11. The van der Waals surface area contributed by atoms with Gasteiger partial charge in [0.2, 0.25) is 0 Å². The molecule has 1 aromatic carbocycles. The highest BCUT2D eigenvalue weighted by Gasteiger charge is 2.25. The maximum absolute atomic E-state index is 13.7. The molecule has 0 aliphatic carbocycles. The fourth-order valence-electron chi connectivity index (χ4n) is 2.32. The lowest BCUT2D eigenvalue weighted by Crippen LogP contribution is -2.22. The van der Waals surface area contributed by atoms with E-state index >= 15 is 0 Å². The summed E-state index contributed by atoms with van der Waals surface area (Å²) in [7, 11) is 1.32. The number of hydrogen-bond donors (Lipinski definition) is 1. The molecule has 1 N–H and O–H groups in total. The molecule has 2 rings (SSSR count). The third-order valence-corrected chi connectivity index (χ3v) is 3.83. The molecule has 0 saturated carbocycles. The Morgan fingerprint density at radius 1 is 1.52 bits per heavy atom. The zero-order chi connectivity index (χ0) is 15.7. The number of aromatic nitrogens is 2. The largest absolute Gasteiger partial charge is 0.467 e. The van der Waals surface area contributed by atoms with E-state index in [1.54, 1.807) is 4.57 Å². The van der Waals surface area contributed by atoms with E-state index < -0.39 is 17.8 Å². The van der Waals surface area contributed by atoms with E-state index in [0.29, 0.717) is 22.2 Å². The number of carbonyl (C=O) groups excluding carboxylic acids is 1. The van der Waals surface area contributed by atoms with Crippen LogP contribution in [0.4, 0.5) is 4.39 Å². The molecule has 1 heterocycles. The first-order valence-corrected chi connectivity index (χ1v) is 7.30. The van der Waals surface area contributed by atoms with E-state index in [9.17, 15) is 9.18 Å². The lowest BCUT2D eigenvalue weighted by atomic mass is 10.0. The van der Waals surface area contributed by atoms with Gasteiger partial charge in [0, 0.05) is 6.07 Å². The van der Waals surface area contributed by atoms with Gasteiger partial charge in [0.1, 0.15) is 11.9 Å². The summed E-state index contributed by atoms with van der Waals surface area (Å²) in [6.45, 7) is 3.98. The molecule has 0 aliphatic rings. The van der Waals surface area contributed by atoms with Gasteiger partial charge in [-0.25, -0.2) is 9.18 Å². The van der Waals surface area contributed by atoms with Crippen molar-refractivity contribution in [3.8, 4) is 0 Å². The van der Waals surface area contributed by atoms with Crippen LogP contribution in [0.1, 0.15) is 26.3 Å². The van der Waals surface area contributed by atoms with Crippen molar-refractivity contribution in [2.75, 3.05) is 7.11 Å². The predicted octanol–water partition coefficient (Wildman–Crippen LogP) is 4.25. The summed E-state index contributed by atoms with van der Waals surface area (Å²) in [6.07, 6.45) is 0.540. The molecule has 7 heteroatoms. The lowest BCUT2D eigenvalue weighted by Gasteiger charge is -2.19. The second-order valence-corrected chi connectivity index (χ2v) is 6.05. The van der Waals surface area contributed by atoms with E-state index in [4.69, 9.17) is 28.6 Å². The zero-order valence-electron chi connectivity index (χ0n) is 11.9. The molecule has 0 amide bonds. The first kappa shape index (κ1) is 16.0. The number of hydrogen-bond acceptors (Lipinski definition) is 3. The summed E-state index contributed by atoms with van der Waals surface area (Å²) >= 11 is 11.0. The first-order chi connectivity index (χ1) is 9.85. The summed E-state index contributed by atoms with van der Waals surface area (Å²) < 4.78 is 20.5. The van der Waals surface area contributed by atoms with Crippen molar-refractivity contribution in [1.82, 2.24) is 9.55 Å². The summed E-state index contributed by atoms with van der Waals surface area (Å²) in [4.78, 5) is 15.0. The maximum Gasteiger partial charge on any atom is 0.328 e. The molecule has 0 fully saturated rings. The number of H-pyrrole nitrogens is 1. The number of rotatable bonds is 4. The van der Waals surface area contributed by atoms with Crippen LogP contribution in [0.25, 0.3) is 11.0 Å². The number of fused-ring (bicyclic) bond motifs is 1. The number of carbonyl (C=O) groups is 1. The molecule has 1 atom stereocenters. The monoisotopic (exact) mass is 330 g/mol. The minimum Gasteiger partial charge on any atom is -0.467 e. The van der Waals surface area contributed by atoms with Gasteiger partial charge in [0.25, 0.3) is 0 Å². The van der Waals surface area contributed by atoms with Crippen LogP contribution in [-0.2, 0) is 9.53 Å². The van der Waals surface area contributed by atoms with Crippen molar-refractivity contribution in [3.05, 3.63) is 27.7 Å². The Morgan fingerprint density at radius 2 is 2.19 bits per heavy atom. The SMILES string of the molecule is COC(=O)C(CC(C)C)n1c(=S)[nH]c2cc(Cl)c(F)cc21. The van der Waals surface area contributed by atoms with Gasteiger partial charge in [-0.2, -0.15) is 0 Å². The Hall–Kier alpha value is -1.40. The highest BCUT2D eigenvalue weighted by atomic mass is 35.5. The van der Waals surface area contributed by atoms with E-state index in [2.05, 4.69) is 4.98 Å². The van der Waals surface area contributed by atoms with Crippen molar-refractivity contribution < 1.29 is 13.9 Å². The van der Waals surface area contributed by atoms with Crippen LogP contribution in [0.5, 0.6) is 0 Å². The van der Waals surface area contributed by atoms with Crippen molar-refractivity contribution >= 4 is 40.8 Å². The molecule has 2 aromatic rings. The Kier molecular flexibility index (Phi) is 4.68. The fourth-order valence-corrected chi connectivity index (χ4v) is 2.82. The zero-order valence-corrected chi connectivity index (χ0v) is 13.5. The van der Waals surface area contributed by atoms with Crippen LogP contribution in [0.3, 0.4) is 0 Å². The minimum absolute atomic E-state index is 0.00405. The number of ether oxygens (including phenoxy) is 1. The van der Waals surface area contributed by atoms with E-state index in [1.165, 1.54) is 19.2 Å². The van der Waals surface area contributed by atoms with Gasteiger partial charge in [0.05, 0.1) is 23.2 Å². The molecular formula is C14H16ClFN2O2S. The van der Waals surface area contributed by atoms with Crippen LogP contribution in [-0.4, -0.2) is 22.6 Å². The first-order valence-electron chi connectivity index (χ1n) is 6.52. The van der Waals surface area contributed by atoms with E-state index in [0.717, 1.165) is 0 Å². The standard InChI is InChI=1S/C14H16ClFN2O2S/c1-7(2)4-12(13(19)20-3)18-11-6-9(16)8(15)5-10(11)17-14(18)21/h5-7,12H,4H2,1-3H3,(H,17,21). The van der Waals surface area contributed by atoms with Crippen molar-refractivity contribution in [3.63, 3.8) is 0 Å². The van der Waals surface area contributed by atoms with Crippen LogP contribution in [0, 0.1) is 16.5 Å². The smallest absolute Gasteiger partial charge is 0.328 e. The number of imidazole rings is 1. The quantitative estimate of drug-likeness (QED) is 0.673. The van der Waals surface area contributed by atoms with Gasteiger partial charge in [-0.3, -0.25) is 0 Å². The second kappa shape index (κ2) is 6.15. The number of esters is 1. The number of aromatic amines is 1. The van der Waals surface area contributed by atoms with Gasteiger partial charge in [-0.05, 0) is 30.6 Å². The average Bonchev–Trinajstić information content (AvgIpc) is 2.71. The van der Waals surface area contributed by atoms with Gasteiger partial charge in [-0.1, -0.05) is 25.4 Å². The number of halogens is 2. The molecule has 114 valence electrons. The average molecular weight is 331 g/mol. The molecule has 1 aromatic heterocycles. The maximum atomic E-state index is 13.7. The number of methoxy groups -OCH3 is 1. The molecule has 0 bridgehead atoms. The van der Waals surface area contributed by atoms with E-state index in [-0.39, 0.29) is 10.9 Å². The van der Waals surface area contributed by atoms with Gasteiger partial charge < -0.3 is 14.3 Å². The Morgan fingerprint density at radius 3 is 2.76 bits per heavy atom. The molecule has 0 spiro atoms. The topological polar surface area (TPSA) is 47.0 Å². The van der Waals surface area contributed by atoms with Crippen molar-refractivity contribution in [1.29, 1.82) is 0 Å². The minimum atomic E-state index is -0.600. The van der Waals surface area contributed by atoms with Crippen molar-refractivity contribution in [2.45, 2.75) is 26.3 Å². The second-order valence-electron chi connectivity index (χ2n) is 5.25. The van der Waals surface area contributed by atoms with Crippen LogP contribution in [0.2, 0.25) is 5.02 Å². The van der Waals surface area contributed by atoms with Gasteiger partial charge in [0.15, 0.2) is 4.77 Å². The third-order valence-electron chi connectivity index (χ3n) is 3.24. The Bertz CT molecular complexity index is 738. The highest BCUT2D eigenvalue weighted by Crippen LogP contribution is 2.28. The number of benzene rings is 1. The summed E-state index contributed by atoms with van der Waals surface area (Å²) in [6, 6.07) is 2.14. The Labute approximate surface area is 131 Å². The molecule has 4 nitrogen and oxygen atoms in total. The normalized spacial score (nSPS) is 12.9. The molecule has 1 unspecified atom stereocenters. The lowest BCUT2D eigenvalue weighted by molar-refractivity contribution is -0.145. The molecule has 0 radical (unpaired) electrons. The van der Waals surface area contributed by atoms with Gasteiger partial charge >= 0.3 is 5.97 Å². The van der Waals surface area contributed by atoms with Crippen LogP contribution in [0.15, 0.2) is 12.1 Å². The van der Waals surface area contributed by atoms with E-state index in [1.807, 2.05) is 13.8 Å². The number of nitrogens with zero attached hydrogens (tertiary/aromatic N) is 1. The summed E-state index contributed by atoms with van der Waals surface area (Å²) in [5.41, 5.74) is 1.09. The highest BCUT2D eigenvalue weighted by molar-refractivity contribution is 7.71. The summed E-state index contributed by atoms with van der Waals surface area (Å²) in [5, 5.41) is 0.00405. The fraction of sp³-hybridized carbons (Fsp3) is 0.429.